The third-order valence-electron chi connectivity index (χ3n) is 7.16. The first-order valence-electron chi connectivity index (χ1n) is 13.6. The standard InChI is InChI=1S/C21H56O7Si7/c1-15(2)32-24-30-22-29-23-31-25-33(16(3)4,17(5)6)27-35(20(11)12,21(13)14)28-34(26-32,18(7)8)19(9)10/h15-21,32H,29-31H2,1-14H3. The number of hydrogen-bond donors (Lipinski definition) is 0. The van der Waals surface area contributed by atoms with E-state index in [0.29, 0.717) is 5.54 Å². The summed E-state index contributed by atoms with van der Waals surface area (Å²) in [6.45, 7) is 31.7. The second-order valence-electron chi connectivity index (χ2n) is 12.1. The van der Waals surface area contributed by atoms with E-state index in [2.05, 4.69) is 96.9 Å². The minimum Gasteiger partial charge on any atom is -0.425 e. The molecule has 1 aliphatic rings. The molecule has 0 saturated carbocycles. The molecule has 1 rings (SSSR count). The van der Waals surface area contributed by atoms with E-state index in [9.17, 15) is 0 Å². The lowest BCUT2D eigenvalue weighted by molar-refractivity contribution is 0.223. The molecule has 0 aliphatic carbocycles. The lowest BCUT2D eigenvalue weighted by Gasteiger charge is -2.53. The molecule has 1 atom stereocenters. The van der Waals surface area contributed by atoms with Crippen molar-refractivity contribution in [3.8, 4) is 0 Å². The average Bonchev–Trinajstić information content (AvgIpc) is 2.73. The lowest BCUT2D eigenvalue weighted by atomic mass is 10.5. The summed E-state index contributed by atoms with van der Waals surface area (Å²) in [6.07, 6.45) is 0. The summed E-state index contributed by atoms with van der Waals surface area (Å²) < 4.78 is 47.6. The molecule has 1 heterocycles. The molecule has 14 heteroatoms. The van der Waals surface area contributed by atoms with Crippen molar-refractivity contribution in [2.24, 2.45) is 0 Å². The Kier molecular flexibility index (Phi) is 14.3. The summed E-state index contributed by atoms with van der Waals surface area (Å²) in [5.41, 5.74) is 1.95. The van der Waals surface area contributed by atoms with E-state index in [1.54, 1.807) is 0 Å². The maximum Gasteiger partial charge on any atom is 0.325 e. The molecule has 0 N–H and O–H groups in total. The normalized spacial score (nSPS) is 26.8. The van der Waals surface area contributed by atoms with Crippen LogP contribution < -0.4 is 0 Å². The molecule has 35 heavy (non-hydrogen) atoms. The first-order chi connectivity index (χ1) is 16.1. The Bertz CT molecular complexity index is 597. The summed E-state index contributed by atoms with van der Waals surface area (Å²) in [7, 11) is -13.7. The molecule has 7 nitrogen and oxygen atoms in total. The van der Waals surface area contributed by atoms with Gasteiger partial charge in [0.05, 0.1) is 0 Å². The highest BCUT2D eigenvalue weighted by Crippen LogP contribution is 2.48. The number of hydrogen-bond acceptors (Lipinski definition) is 7. The van der Waals surface area contributed by atoms with Gasteiger partial charge in [-0.2, -0.15) is 0 Å². The molecular weight excluding hydrogens is 561 g/mol. The van der Waals surface area contributed by atoms with Gasteiger partial charge in [0.15, 0.2) is 0 Å². The summed E-state index contributed by atoms with van der Waals surface area (Å²) in [5.74, 6) is 0. The van der Waals surface area contributed by atoms with Gasteiger partial charge >= 0.3 is 35.0 Å². The van der Waals surface area contributed by atoms with Gasteiger partial charge in [0.1, 0.15) is 0 Å². The van der Waals surface area contributed by atoms with Crippen LogP contribution in [0.1, 0.15) is 96.9 Å². The molecule has 0 aromatic carbocycles. The van der Waals surface area contributed by atoms with Crippen molar-refractivity contribution in [2.45, 2.75) is 136 Å². The smallest absolute Gasteiger partial charge is 0.325 e. The predicted octanol–water partition coefficient (Wildman–Crippen LogP) is 4.53. The molecule has 1 fully saturated rings. The molecule has 0 aromatic rings. The molecule has 0 amide bonds. The maximum absolute atomic E-state index is 7.65. The molecule has 0 radical (unpaired) electrons. The maximum atomic E-state index is 7.65. The zero-order valence-electron chi connectivity index (χ0n) is 25.1. The molecule has 0 bridgehead atoms. The Morgan fingerprint density at radius 2 is 0.886 bits per heavy atom. The van der Waals surface area contributed by atoms with Crippen molar-refractivity contribution in [2.75, 3.05) is 0 Å². The highest BCUT2D eigenvalue weighted by atomic mass is 28.5. The van der Waals surface area contributed by atoms with Gasteiger partial charge < -0.3 is 28.8 Å². The van der Waals surface area contributed by atoms with Crippen molar-refractivity contribution >= 4 is 65.0 Å². The number of rotatable bonds is 7. The zero-order chi connectivity index (χ0) is 27.2. The fourth-order valence-electron chi connectivity index (χ4n) is 5.04. The van der Waals surface area contributed by atoms with E-state index in [1.807, 2.05) is 0 Å². The Labute approximate surface area is 228 Å². The SMILES string of the molecule is CC(C)[SiH]1O[SiH2]O[SiH2]O[SiH2]O[Si](C(C)C)(C(C)C)O[Si](C(C)C)(C(C)C)O[Si](C(C)C)(C(C)C)O1. The van der Waals surface area contributed by atoms with Crippen LogP contribution in [0.4, 0.5) is 0 Å². The highest BCUT2D eigenvalue weighted by Gasteiger charge is 2.61. The quantitative estimate of drug-likeness (QED) is 0.390. The van der Waals surface area contributed by atoms with E-state index >= 15 is 0 Å². The van der Waals surface area contributed by atoms with Crippen LogP contribution in [0.15, 0.2) is 0 Å². The van der Waals surface area contributed by atoms with E-state index in [0.717, 1.165) is 0 Å². The van der Waals surface area contributed by atoms with Gasteiger partial charge in [-0.05, 0) is 38.8 Å². The molecule has 1 unspecified atom stereocenters. The largest absolute Gasteiger partial charge is 0.425 e. The monoisotopic (exact) mass is 616 g/mol. The first kappa shape index (κ1) is 34.3. The first-order valence-corrected chi connectivity index (χ1v) is 24.6. The summed E-state index contributed by atoms with van der Waals surface area (Å²) in [4.78, 5) is 0. The Hall–Kier alpha value is 1.24. The fourth-order valence-corrected chi connectivity index (χ4v) is 38.0. The Balaban J connectivity index is 3.84. The minimum atomic E-state index is -2.83. The molecule has 1 saturated heterocycles. The zero-order valence-corrected chi connectivity index (χ0v) is 33.5. The molecule has 0 aromatic heterocycles. The van der Waals surface area contributed by atoms with Crippen molar-refractivity contribution in [1.82, 2.24) is 0 Å². The van der Waals surface area contributed by atoms with Gasteiger partial charge in [-0.1, -0.05) is 96.9 Å². The Morgan fingerprint density at radius 3 is 1.29 bits per heavy atom. The van der Waals surface area contributed by atoms with E-state index in [-0.39, 0.29) is 33.2 Å². The van der Waals surface area contributed by atoms with Crippen LogP contribution in [0, 0.1) is 0 Å². The molecule has 1 aliphatic heterocycles. The fraction of sp³-hybridized carbons (Fsp3) is 1.00. The predicted molar refractivity (Wildman–Crippen MR) is 163 cm³/mol. The van der Waals surface area contributed by atoms with E-state index in [4.69, 9.17) is 28.8 Å². The van der Waals surface area contributed by atoms with E-state index in [1.165, 1.54) is 0 Å². The van der Waals surface area contributed by atoms with Crippen LogP contribution in [0.2, 0.25) is 38.8 Å². The summed E-state index contributed by atoms with van der Waals surface area (Å²) in [5, 5.41) is 0. The van der Waals surface area contributed by atoms with Crippen molar-refractivity contribution in [1.29, 1.82) is 0 Å². The van der Waals surface area contributed by atoms with Crippen LogP contribution in [-0.4, -0.2) is 65.0 Å². The third-order valence-corrected chi connectivity index (χ3v) is 32.2. The third kappa shape index (κ3) is 8.12. The average molecular weight is 617 g/mol. The molecular formula is C21H56O7Si7. The van der Waals surface area contributed by atoms with Gasteiger partial charge in [-0.3, -0.25) is 0 Å². The molecule has 0 spiro atoms. The minimum absolute atomic E-state index is 0.256. The summed E-state index contributed by atoms with van der Waals surface area (Å²) in [6, 6.07) is 0. The van der Waals surface area contributed by atoms with E-state index < -0.39 is 65.0 Å². The van der Waals surface area contributed by atoms with Crippen LogP contribution in [0.5, 0.6) is 0 Å². The highest BCUT2D eigenvalue weighted by molar-refractivity contribution is 6.91. The van der Waals surface area contributed by atoms with Gasteiger partial charge in [-0.25, -0.2) is 0 Å². The second-order valence-corrected chi connectivity index (χ2v) is 34.5. The van der Waals surface area contributed by atoms with Gasteiger partial charge in [-0.15, -0.1) is 0 Å². The van der Waals surface area contributed by atoms with Gasteiger partial charge in [0, 0.05) is 0 Å². The van der Waals surface area contributed by atoms with Gasteiger partial charge in [0.2, 0.25) is 0 Å². The van der Waals surface area contributed by atoms with Crippen LogP contribution in [0.3, 0.4) is 0 Å². The summed E-state index contributed by atoms with van der Waals surface area (Å²) >= 11 is 0. The van der Waals surface area contributed by atoms with Crippen LogP contribution in [-0.2, 0) is 28.8 Å². The van der Waals surface area contributed by atoms with Crippen LogP contribution >= 0.6 is 0 Å². The Morgan fingerprint density at radius 1 is 0.486 bits per heavy atom. The van der Waals surface area contributed by atoms with Crippen molar-refractivity contribution < 1.29 is 28.8 Å². The molecule has 210 valence electrons. The van der Waals surface area contributed by atoms with Gasteiger partial charge in [0.25, 0.3) is 30.0 Å². The van der Waals surface area contributed by atoms with Crippen molar-refractivity contribution in [3.63, 3.8) is 0 Å². The van der Waals surface area contributed by atoms with Crippen LogP contribution in [0.25, 0.3) is 0 Å². The lowest BCUT2D eigenvalue weighted by Crippen LogP contribution is -2.67. The van der Waals surface area contributed by atoms with Crippen molar-refractivity contribution in [3.05, 3.63) is 0 Å². The second kappa shape index (κ2) is 14.6. The topological polar surface area (TPSA) is 64.6 Å².